The third-order valence-electron chi connectivity index (χ3n) is 2.81. The van der Waals surface area contributed by atoms with Gasteiger partial charge in [0.2, 0.25) is 0 Å². The summed E-state index contributed by atoms with van der Waals surface area (Å²) in [7, 11) is -2.93. The van der Waals surface area contributed by atoms with Crippen LogP contribution in [0, 0.1) is 0 Å². The number of nitrogens with one attached hydrogen (secondary N) is 1. The Bertz CT molecular complexity index is 485. The first-order chi connectivity index (χ1) is 8.96. The van der Waals surface area contributed by atoms with Crippen LogP contribution in [-0.4, -0.2) is 32.6 Å². The molecule has 0 aromatic heterocycles. The van der Waals surface area contributed by atoms with E-state index in [2.05, 4.69) is 5.32 Å². The van der Waals surface area contributed by atoms with Gasteiger partial charge < -0.3 is 10.1 Å². The van der Waals surface area contributed by atoms with Gasteiger partial charge in [-0.25, -0.2) is 8.42 Å². The lowest BCUT2D eigenvalue weighted by atomic mass is 10.2. The summed E-state index contributed by atoms with van der Waals surface area (Å²) in [6.07, 6.45) is 0. The molecule has 0 spiro atoms. The van der Waals surface area contributed by atoms with Crippen molar-refractivity contribution in [1.82, 2.24) is 5.32 Å². The van der Waals surface area contributed by atoms with Gasteiger partial charge in [0.05, 0.1) is 12.4 Å². The Morgan fingerprint density at radius 3 is 2.68 bits per heavy atom. The van der Waals surface area contributed by atoms with Gasteiger partial charge in [0.15, 0.2) is 9.84 Å². The molecule has 0 radical (unpaired) electrons. The van der Waals surface area contributed by atoms with Crippen LogP contribution in [0.15, 0.2) is 24.3 Å². The summed E-state index contributed by atoms with van der Waals surface area (Å²) in [5.41, 5.74) is 1.09. The van der Waals surface area contributed by atoms with Crippen molar-refractivity contribution in [2.45, 2.75) is 33.4 Å². The Balaban J connectivity index is 2.50. The van der Waals surface area contributed by atoms with Crippen molar-refractivity contribution < 1.29 is 13.2 Å². The fourth-order valence-corrected chi connectivity index (χ4v) is 2.88. The third-order valence-corrected chi connectivity index (χ3v) is 4.70. The molecule has 1 aromatic carbocycles. The third kappa shape index (κ3) is 6.07. The molecule has 0 bridgehead atoms. The molecule has 1 unspecified atom stereocenters. The molecule has 5 heteroatoms. The summed E-state index contributed by atoms with van der Waals surface area (Å²) in [5, 5.41) is 3.22. The number of ether oxygens (including phenoxy) is 1. The molecule has 0 saturated heterocycles. The van der Waals surface area contributed by atoms with Gasteiger partial charge in [-0.05, 0) is 31.5 Å². The van der Waals surface area contributed by atoms with Crippen molar-refractivity contribution >= 4 is 9.84 Å². The van der Waals surface area contributed by atoms with E-state index in [4.69, 9.17) is 4.74 Å². The summed E-state index contributed by atoms with van der Waals surface area (Å²) in [6.45, 7) is 6.79. The van der Waals surface area contributed by atoms with Crippen LogP contribution >= 0.6 is 0 Å². The number of hydrogen-bond acceptors (Lipinski definition) is 4. The van der Waals surface area contributed by atoms with Gasteiger partial charge in [-0.1, -0.05) is 19.1 Å². The average Bonchev–Trinajstić information content (AvgIpc) is 2.37. The second-order valence-corrected chi connectivity index (χ2v) is 6.96. The SMILES string of the molecule is CCOc1cccc(CNC(C)CS(=O)(=O)CC)c1. The summed E-state index contributed by atoms with van der Waals surface area (Å²) < 4.78 is 28.4. The molecule has 0 fully saturated rings. The zero-order chi connectivity index (χ0) is 14.3. The fraction of sp³-hybridized carbons (Fsp3) is 0.571. The molecule has 19 heavy (non-hydrogen) atoms. The molecule has 0 amide bonds. The van der Waals surface area contributed by atoms with Crippen LogP contribution in [0.1, 0.15) is 26.3 Å². The molecule has 1 atom stereocenters. The van der Waals surface area contributed by atoms with Gasteiger partial charge in [0.1, 0.15) is 5.75 Å². The van der Waals surface area contributed by atoms with Crippen molar-refractivity contribution in [3.63, 3.8) is 0 Å². The first-order valence-corrected chi connectivity index (χ1v) is 8.44. The molecule has 0 aliphatic carbocycles. The number of rotatable bonds is 8. The number of sulfone groups is 1. The van der Waals surface area contributed by atoms with Gasteiger partial charge in [-0.3, -0.25) is 0 Å². The lowest BCUT2D eigenvalue weighted by Crippen LogP contribution is -2.33. The molecule has 1 aromatic rings. The van der Waals surface area contributed by atoms with Crippen molar-refractivity contribution in [2.24, 2.45) is 0 Å². The normalized spacial score (nSPS) is 13.2. The van der Waals surface area contributed by atoms with Crippen LogP contribution < -0.4 is 10.1 Å². The van der Waals surface area contributed by atoms with E-state index >= 15 is 0 Å². The molecule has 1 rings (SSSR count). The van der Waals surface area contributed by atoms with Crippen LogP contribution in [-0.2, 0) is 16.4 Å². The van der Waals surface area contributed by atoms with Crippen LogP contribution in [0.25, 0.3) is 0 Å². The molecule has 0 saturated carbocycles. The quantitative estimate of drug-likeness (QED) is 0.793. The standard InChI is InChI=1S/C14H23NO3S/c1-4-18-14-8-6-7-13(9-14)10-15-12(3)11-19(16,17)5-2/h6-9,12,15H,4-5,10-11H2,1-3H3. The molecule has 4 nitrogen and oxygen atoms in total. The van der Waals surface area contributed by atoms with Crippen molar-refractivity contribution in [1.29, 1.82) is 0 Å². The van der Waals surface area contributed by atoms with Crippen molar-refractivity contribution in [2.75, 3.05) is 18.1 Å². The molecular formula is C14H23NO3S. The Morgan fingerprint density at radius 1 is 1.32 bits per heavy atom. The Morgan fingerprint density at radius 2 is 2.05 bits per heavy atom. The summed E-state index contributed by atoms with van der Waals surface area (Å²) in [6, 6.07) is 7.77. The van der Waals surface area contributed by atoms with E-state index in [0.717, 1.165) is 11.3 Å². The highest BCUT2D eigenvalue weighted by molar-refractivity contribution is 7.91. The van der Waals surface area contributed by atoms with Crippen LogP contribution in [0.4, 0.5) is 0 Å². The zero-order valence-corrected chi connectivity index (χ0v) is 12.7. The highest BCUT2D eigenvalue weighted by Crippen LogP contribution is 2.13. The number of hydrogen-bond donors (Lipinski definition) is 1. The van der Waals surface area contributed by atoms with Gasteiger partial charge in [-0.2, -0.15) is 0 Å². The zero-order valence-electron chi connectivity index (χ0n) is 11.8. The fourth-order valence-electron chi connectivity index (χ4n) is 1.76. The van der Waals surface area contributed by atoms with Crippen molar-refractivity contribution in [3.05, 3.63) is 29.8 Å². The van der Waals surface area contributed by atoms with Crippen LogP contribution in [0.3, 0.4) is 0 Å². The van der Waals surface area contributed by atoms with Crippen LogP contribution in [0.5, 0.6) is 5.75 Å². The van der Waals surface area contributed by atoms with E-state index in [9.17, 15) is 8.42 Å². The van der Waals surface area contributed by atoms with E-state index in [0.29, 0.717) is 13.2 Å². The molecule has 0 aliphatic heterocycles. The monoisotopic (exact) mass is 285 g/mol. The second-order valence-electron chi connectivity index (χ2n) is 4.56. The molecular weight excluding hydrogens is 262 g/mol. The predicted molar refractivity (Wildman–Crippen MR) is 78.2 cm³/mol. The minimum Gasteiger partial charge on any atom is -0.494 e. The maximum absolute atomic E-state index is 11.5. The number of benzene rings is 1. The van der Waals surface area contributed by atoms with E-state index in [1.807, 2.05) is 38.1 Å². The summed E-state index contributed by atoms with van der Waals surface area (Å²) >= 11 is 0. The molecule has 0 aliphatic rings. The summed E-state index contributed by atoms with van der Waals surface area (Å²) in [5.74, 6) is 1.21. The average molecular weight is 285 g/mol. The molecule has 1 N–H and O–H groups in total. The second kappa shape index (κ2) is 7.50. The maximum Gasteiger partial charge on any atom is 0.151 e. The predicted octanol–water partition coefficient (Wildman–Crippen LogP) is 2.00. The molecule has 108 valence electrons. The Labute approximate surface area is 116 Å². The minimum absolute atomic E-state index is 0.0549. The lowest BCUT2D eigenvalue weighted by molar-refractivity contribution is 0.339. The van der Waals surface area contributed by atoms with Gasteiger partial charge in [-0.15, -0.1) is 0 Å². The maximum atomic E-state index is 11.5. The molecule has 0 heterocycles. The van der Waals surface area contributed by atoms with E-state index in [-0.39, 0.29) is 17.5 Å². The highest BCUT2D eigenvalue weighted by Gasteiger charge is 2.13. The highest BCUT2D eigenvalue weighted by atomic mass is 32.2. The largest absolute Gasteiger partial charge is 0.494 e. The van der Waals surface area contributed by atoms with E-state index < -0.39 is 9.84 Å². The Hall–Kier alpha value is -1.07. The topological polar surface area (TPSA) is 55.4 Å². The van der Waals surface area contributed by atoms with E-state index in [1.54, 1.807) is 6.92 Å². The first kappa shape index (κ1) is 16.0. The van der Waals surface area contributed by atoms with Gasteiger partial charge >= 0.3 is 0 Å². The summed E-state index contributed by atoms with van der Waals surface area (Å²) in [4.78, 5) is 0. The first-order valence-electron chi connectivity index (χ1n) is 6.62. The van der Waals surface area contributed by atoms with Crippen molar-refractivity contribution in [3.8, 4) is 5.75 Å². The van der Waals surface area contributed by atoms with Crippen LogP contribution in [0.2, 0.25) is 0 Å². The Kier molecular flexibility index (Phi) is 6.31. The minimum atomic E-state index is -2.93. The van der Waals surface area contributed by atoms with Gasteiger partial charge in [0.25, 0.3) is 0 Å². The van der Waals surface area contributed by atoms with E-state index in [1.165, 1.54) is 0 Å². The van der Waals surface area contributed by atoms with Gasteiger partial charge in [0, 0.05) is 18.3 Å². The lowest BCUT2D eigenvalue weighted by Gasteiger charge is -2.14. The smallest absolute Gasteiger partial charge is 0.151 e.